The zero-order valence-corrected chi connectivity index (χ0v) is 12.7. The van der Waals surface area contributed by atoms with Gasteiger partial charge in [0.05, 0.1) is 5.69 Å². The molecule has 19 heavy (non-hydrogen) atoms. The molecule has 98 valence electrons. The summed E-state index contributed by atoms with van der Waals surface area (Å²) in [5.41, 5.74) is 4.02. The largest absolute Gasteiger partial charge is 0.356 e. The summed E-state index contributed by atoms with van der Waals surface area (Å²) in [6, 6.07) is 13.0. The molecule has 0 unspecified atom stereocenters. The summed E-state index contributed by atoms with van der Waals surface area (Å²) < 4.78 is 1.08. The predicted molar refractivity (Wildman–Crippen MR) is 82.7 cm³/mol. The second-order valence-electron chi connectivity index (χ2n) is 4.99. The minimum Gasteiger partial charge on any atom is -0.356 e. The molecule has 0 aliphatic carbocycles. The highest BCUT2D eigenvalue weighted by Crippen LogP contribution is 2.22. The predicted octanol–water partition coefficient (Wildman–Crippen LogP) is 3.76. The van der Waals surface area contributed by atoms with Crippen LogP contribution in [0.15, 0.2) is 40.9 Å². The van der Waals surface area contributed by atoms with Crippen molar-refractivity contribution in [3.63, 3.8) is 0 Å². The van der Waals surface area contributed by atoms with Gasteiger partial charge in [-0.05, 0) is 59.0 Å². The quantitative estimate of drug-likeness (QED) is 0.796. The smallest absolute Gasteiger partial charge is 0.128 e. The molecule has 0 amide bonds. The van der Waals surface area contributed by atoms with Crippen molar-refractivity contribution in [1.29, 1.82) is 0 Å². The number of pyridine rings is 1. The number of fused-ring (bicyclic) bond motifs is 1. The van der Waals surface area contributed by atoms with Gasteiger partial charge in [-0.25, -0.2) is 4.98 Å². The van der Waals surface area contributed by atoms with Gasteiger partial charge in [-0.2, -0.15) is 0 Å². The third-order valence-electron chi connectivity index (χ3n) is 3.75. The molecule has 0 bridgehead atoms. The summed E-state index contributed by atoms with van der Waals surface area (Å²) in [5.74, 6) is 1.09. The molecule has 1 aromatic heterocycles. The molecule has 0 fully saturated rings. The molecule has 1 aromatic carbocycles. The van der Waals surface area contributed by atoms with E-state index in [2.05, 4.69) is 62.2 Å². The molecule has 0 atom stereocenters. The fourth-order valence-electron chi connectivity index (χ4n) is 2.60. The maximum Gasteiger partial charge on any atom is 0.128 e. The minimum absolute atomic E-state index is 1.05. The number of anilines is 1. The molecule has 2 aromatic rings. The number of rotatable bonds is 1. The molecule has 0 saturated heterocycles. The molecule has 3 heteroatoms. The second-order valence-corrected chi connectivity index (χ2v) is 5.85. The topological polar surface area (TPSA) is 16.1 Å². The summed E-state index contributed by atoms with van der Waals surface area (Å²) in [6.45, 7) is 4.14. The first-order valence-electron chi connectivity index (χ1n) is 6.69. The highest BCUT2D eigenvalue weighted by Gasteiger charge is 2.15. The molecule has 2 nitrogen and oxygen atoms in total. The van der Waals surface area contributed by atoms with Gasteiger partial charge in [0.1, 0.15) is 5.82 Å². The Balaban J connectivity index is 1.83. The number of aryl methyl sites for hydroxylation is 1. The SMILES string of the molecule is Cc1nc(N2CCc3ccccc3CC2)ccc1Br. The fraction of sp³-hybridized carbons (Fsp3) is 0.312. The van der Waals surface area contributed by atoms with E-state index in [1.807, 2.05) is 6.92 Å². The minimum atomic E-state index is 1.05. The standard InChI is InChI=1S/C16H17BrN2/c1-12-15(17)6-7-16(18-12)19-10-8-13-4-2-3-5-14(13)9-11-19/h2-7H,8-11H2,1H3. The van der Waals surface area contributed by atoms with Crippen molar-refractivity contribution in [3.05, 3.63) is 57.7 Å². The van der Waals surface area contributed by atoms with E-state index >= 15 is 0 Å². The van der Waals surface area contributed by atoms with E-state index in [4.69, 9.17) is 0 Å². The van der Waals surface area contributed by atoms with Gasteiger partial charge < -0.3 is 4.90 Å². The van der Waals surface area contributed by atoms with E-state index in [0.717, 1.165) is 41.9 Å². The van der Waals surface area contributed by atoms with Crippen LogP contribution in [0.4, 0.5) is 5.82 Å². The zero-order valence-electron chi connectivity index (χ0n) is 11.1. The summed E-state index contributed by atoms with van der Waals surface area (Å²) >= 11 is 3.51. The monoisotopic (exact) mass is 316 g/mol. The van der Waals surface area contributed by atoms with Gasteiger partial charge in [0.15, 0.2) is 0 Å². The highest BCUT2D eigenvalue weighted by atomic mass is 79.9. The third-order valence-corrected chi connectivity index (χ3v) is 4.59. The van der Waals surface area contributed by atoms with Gasteiger partial charge in [0.2, 0.25) is 0 Å². The molecule has 3 rings (SSSR count). The summed E-state index contributed by atoms with van der Waals surface area (Å²) in [7, 11) is 0. The molecule has 0 saturated carbocycles. The fourth-order valence-corrected chi connectivity index (χ4v) is 2.82. The number of halogens is 1. The van der Waals surface area contributed by atoms with Crippen molar-refractivity contribution >= 4 is 21.7 Å². The Kier molecular flexibility index (Phi) is 3.56. The Labute approximate surface area is 122 Å². The Hall–Kier alpha value is -1.35. The summed E-state index contributed by atoms with van der Waals surface area (Å²) in [6.07, 6.45) is 2.21. The van der Waals surface area contributed by atoms with Crippen LogP contribution in [0.3, 0.4) is 0 Å². The van der Waals surface area contributed by atoms with Crippen LogP contribution in [0, 0.1) is 6.92 Å². The van der Waals surface area contributed by atoms with Crippen molar-refractivity contribution in [2.24, 2.45) is 0 Å². The van der Waals surface area contributed by atoms with Crippen LogP contribution >= 0.6 is 15.9 Å². The Morgan fingerprint density at radius 2 is 1.63 bits per heavy atom. The molecule has 1 aliphatic rings. The molecular formula is C16H17BrN2. The number of hydrogen-bond donors (Lipinski definition) is 0. The van der Waals surface area contributed by atoms with Crippen LogP contribution in [-0.2, 0) is 12.8 Å². The number of nitrogens with zero attached hydrogens (tertiary/aromatic N) is 2. The average molecular weight is 317 g/mol. The van der Waals surface area contributed by atoms with Gasteiger partial charge in [-0.1, -0.05) is 24.3 Å². The van der Waals surface area contributed by atoms with Crippen molar-refractivity contribution in [3.8, 4) is 0 Å². The van der Waals surface area contributed by atoms with Crippen molar-refractivity contribution in [2.45, 2.75) is 19.8 Å². The van der Waals surface area contributed by atoms with Gasteiger partial charge in [0.25, 0.3) is 0 Å². The first kappa shape index (κ1) is 12.7. The van der Waals surface area contributed by atoms with Crippen LogP contribution in [0.1, 0.15) is 16.8 Å². The second kappa shape index (κ2) is 5.33. The third kappa shape index (κ3) is 2.66. The van der Waals surface area contributed by atoms with E-state index < -0.39 is 0 Å². The first-order valence-corrected chi connectivity index (χ1v) is 7.48. The molecule has 0 spiro atoms. The maximum absolute atomic E-state index is 4.68. The Morgan fingerprint density at radius 3 is 2.21 bits per heavy atom. The number of hydrogen-bond acceptors (Lipinski definition) is 2. The number of benzene rings is 1. The van der Waals surface area contributed by atoms with Gasteiger partial charge >= 0.3 is 0 Å². The van der Waals surface area contributed by atoms with E-state index in [-0.39, 0.29) is 0 Å². The maximum atomic E-state index is 4.68. The van der Waals surface area contributed by atoms with Gasteiger partial charge in [-0.15, -0.1) is 0 Å². The first-order chi connectivity index (χ1) is 9.24. The van der Waals surface area contributed by atoms with Crippen LogP contribution in [0.5, 0.6) is 0 Å². The summed E-state index contributed by atoms with van der Waals surface area (Å²) in [5, 5.41) is 0. The van der Waals surface area contributed by atoms with Gasteiger partial charge in [0, 0.05) is 17.6 Å². The molecular weight excluding hydrogens is 300 g/mol. The van der Waals surface area contributed by atoms with E-state index in [1.54, 1.807) is 0 Å². The zero-order chi connectivity index (χ0) is 13.2. The molecule has 1 aliphatic heterocycles. The lowest BCUT2D eigenvalue weighted by Crippen LogP contribution is -2.27. The lowest BCUT2D eigenvalue weighted by Gasteiger charge is -2.21. The lowest BCUT2D eigenvalue weighted by molar-refractivity contribution is 0.788. The Bertz CT molecular complexity index is 568. The van der Waals surface area contributed by atoms with Crippen LogP contribution in [0.25, 0.3) is 0 Å². The molecule has 0 radical (unpaired) electrons. The molecule has 0 N–H and O–H groups in total. The van der Waals surface area contributed by atoms with Crippen molar-refractivity contribution in [2.75, 3.05) is 18.0 Å². The number of aromatic nitrogens is 1. The van der Waals surface area contributed by atoms with E-state index in [1.165, 1.54) is 11.1 Å². The Morgan fingerprint density at radius 1 is 1.00 bits per heavy atom. The van der Waals surface area contributed by atoms with Crippen LogP contribution in [0.2, 0.25) is 0 Å². The summed E-state index contributed by atoms with van der Waals surface area (Å²) in [4.78, 5) is 7.07. The van der Waals surface area contributed by atoms with Crippen molar-refractivity contribution in [1.82, 2.24) is 4.98 Å². The van der Waals surface area contributed by atoms with Gasteiger partial charge in [-0.3, -0.25) is 0 Å². The van der Waals surface area contributed by atoms with E-state index in [0.29, 0.717) is 0 Å². The highest BCUT2D eigenvalue weighted by molar-refractivity contribution is 9.10. The van der Waals surface area contributed by atoms with Crippen LogP contribution in [-0.4, -0.2) is 18.1 Å². The lowest BCUT2D eigenvalue weighted by atomic mass is 10.0. The average Bonchev–Trinajstić information content (AvgIpc) is 2.64. The normalized spacial score (nSPS) is 14.9. The molecule has 2 heterocycles. The van der Waals surface area contributed by atoms with E-state index in [9.17, 15) is 0 Å². The van der Waals surface area contributed by atoms with Crippen LogP contribution < -0.4 is 4.90 Å². The van der Waals surface area contributed by atoms with Crippen molar-refractivity contribution < 1.29 is 0 Å².